The van der Waals surface area contributed by atoms with Crippen molar-refractivity contribution in [2.45, 2.75) is 65.0 Å². The van der Waals surface area contributed by atoms with Gasteiger partial charge in [-0.2, -0.15) is 0 Å². The highest BCUT2D eigenvalue weighted by atomic mass is 15.3. The Hall–Kier alpha value is -0.730. The molecule has 3 atom stereocenters. The predicted molar refractivity (Wildman–Crippen MR) is 73.0 cm³/mol. The van der Waals surface area contributed by atoms with Gasteiger partial charge >= 0.3 is 0 Å². The molecule has 1 aliphatic heterocycles. The molecule has 0 aromatic carbocycles. The van der Waals surface area contributed by atoms with Crippen molar-refractivity contribution in [3.8, 4) is 0 Å². The summed E-state index contributed by atoms with van der Waals surface area (Å²) >= 11 is 0. The average Bonchev–Trinajstić information content (AvgIpc) is 2.76. The standard InChI is InChI=1S/C14H27N3/c1-10-8-11(2)12(3)17(9-10)14(15)16-13-6-4-5-7-13/h10-13H,4-9H2,1-3H3,(H2,15,16). The van der Waals surface area contributed by atoms with Crippen molar-refractivity contribution < 1.29 is 0 Å². The largest absolute Gasteiger partial charge is 0.370 e. The molecule has 0 amide bonds. The van der Waals surface area contributed by atoms with Crippen LogP contribution in [0.25, 0.3) is 0 Å². The molecule has 0 aromatic heterocycles. The lowest BCUT2D eigenvalue weighted by molar-refractivity contribution is 0.145. The molecule has 1 heterocycles. The van der Waals surface area contributed by atoms with Crippen LogP contribution in [0.5, 0.6) is 0 Å². The van der Waals surface area contributed by atoms with Crippen LogP contribution in [0.3, 0.4) is 0 Å². The van der Waals surface area contributed by atoms with Crippen molar-refractivity contribution in [1.29, 1.82) is 0 Å². The monoisotopic (exact) mass is 237 g/mol. The fourth-order valence-corrected chi connectivity index (χ4v) is 3.31. The molecule has 2 fully saturated rings. The Balaban J connectivity index is 2.03. The second kappa shape index (κ2) is 5.28. The van der Waals surface area contributed by atoms with Crippen LogP contribution in [-0.2, 0) is 0 Å². The molecule has 0 spiro atoms. The van der Waals surface area contributed by atoms with E-state index in [1.54, 1.807) is 0 Å². The Kier molecular flexibility index (Phi) is 3.95. The zero-order chi connectivity index (χ0) is 12.4. The SMILES string of the molecule is CC1CC(C)C(C)N(C(N)=NC2CCCC2)C1. The van der Waals surface area contributed by atoms with Crippen LogP contribution in [0.4, 0.5) is 0 Å². The molecule has 0 bridgehead atoms. The van der Waals surface area contributed by atoms with Crippen molar-refractivity contribution in [3.63, 3.8) is 0 Å². The van der Waals surface area contributed by atoms with E-state index in [0.29, 0.717) is 12.1 Å². The van der Waals surface area contributed by atoms with Gasteiger partial charge in [-0.25, -0.2) is 4.99 Å². The van der Waals surface area contributed by atoms with Gasteiger partial charge in [0.15, 0.2) is 5.96 Å². The molecule has 98 valence electrons. The number of piperidine rings is 1. The summed E-state index contributed by atoms with van der Waals surface area (Å²) in [5, 5.41) is 0. The molecule has 2 aliphatic rings. The maximum atomic E-state index is 6.22. The van der Waals surface area contributed by atoms with Gasteiger partial charge in [0.2, 0.25) is 0 Å². The van der Waals surface area contributed by atoms with Gasteiger partial charge in [0.1, 0.15) is 0 Å². The molecule has 2 N–H and O–H groups in total. The zero-order valence-corrected chi connectivity index (χ0v) is 11.5. The molecular formula is C14H27N3. The van der Waals surface area contributed by atoms with E-state index in [0.717, 1.165) is 24.3 Å². The molecule has 1 aliphatic carbocycles. The minimum Gasteiger partial charge on any atom is -0.370 e. The zero-order valence-electron chi connectivity index (χ0n) is 11.5. The van der Waals surface area contributed by atoms with Crippen molar-refractivity contribution in [2.75, 3.05) is 6.54 Å². The van der Waals surface area contributed by atoms with Crippen molar-refractivity contribution in [2.24, 2.45) is 22.6 Å². The minimum absolute atomic E-state index is 0.495. The van der Waals surface area contributed by atoms with Gasteiger partial charge in [-0.1, -0.05) is 26.7 Å². The van der Waals surface area contributed by atoms with Crippen LogP contribution < -0.4 is 5.73 Å². The first kappa shape index (κ1) is 12.7. The van der Waals surface area contributed by atoms with Gasteiger partial charge in [0.25, 0.3) is 0 Å². The third-order valence-electron chi connectivity index (χ3n) is 4.53. The Labute approximate surface area is 105 Å². The second-order valence-electron chi connectivity index (χ2n) is 6.14. The molecule has 1 saturated heterocycles. The van der Waals surface area contributed by atoms with Crippen LogP contribution in [0.1, 0.15) is 52.9 Å². The van der Waals surface area contributed by atoms with E-state index >= 15 is 0 Å². The van der Waals surface area contributed by atoms with E-state index in [-0.39, 0.29) is 0 Å². The van der Waals surface area contributed by atoms with Gasteiger partial charge in [-0.3, -0.25) is 0 Å². The van der Waals surface area contributed by atoms with Crippen LogP contribution in [0, 0.1) is 11.8 Å². The highest BCUT2D eigenvalue weighted by Crippen LogP contribution is 2.27. The highest BCUT2D eigenvalue weighted by molar-refractivity contribution is 5.78. The van der Waals surface area contributed by atoms with E-state index in [1.165, 1.54) is 32.1 Å². The number of guanidine groups is 1. The van der Waals surface area contributed by atoms with Gasteiger partial charge in [0, 0.05) is 12.6 Å². The lowest BCUT2D eigenvalue weighted by Gasteiger charge is -2.42. The smallest absolute Gasteiger partial charge is 0.191 e. The highest BCUT2D eigenvalue weighted by Gasteiger charge is 2.30. The van der Waals surface area contributed by atoms with Crippen molar-refractivity contribution in [3.05, 3.63) is 0 Å². The Morgan fingerprint density at radius 1 is 1.18 bits per heavy atom. The Bertz CT molecular complexity index is 281. The third-order valence-corrected chi connectivity index (χ3v) is 4.53. The van der Waals surface area contributed by atoms with E-state index in [4.69, 9.17) is 10.7 Å². The average molecular weight is 237 g/mol. The number of likely N-dealkylation sites (tertiary alicyclic amines) is 1. The predicted octanol–water partition coefficient (Wildman–Crippen LogP) is 2.61. The molecule has 2 rings (SSSR count). The van der Waals surface area contributed by atoms with E-state index in [9.17, 15) is 0 Å². The first-order chi connectivity index (χ1) is 8.08. The van der Waals surface area contributed by atoms with Gasteiger partial charge in [-0.05, 0) is 38.0 Å². The summed E-state index contributed by atoms with van der Waals surface area (Å²) in [6, 6.07) is 1.03. The van der Waals surface area contributed by atoms with Crippen LogP contribution in [0.2, 0.25) is 0 Å². The number of rotatable bonds is 1. The summed E-state index contributed by atoms with van der Waals surface area (Å²) < 4.78 is 0. The Morgan fingerprint density at radius 3 is 2.47 bits per heavy atom. The summed E-state index contributed by atoms with van der Waals surface area (Å²) in [7, 11) is 0. The van der Waals surface area contributed by atoms with Crippen molar-refractivity contribution in [1.82, 2.24) is 4.90 Å². The lowest BCUT2D eigenvalue weighted by atomic mass is 9.86. The third kappa shape index (κ3) is 2.93. The minimum atomic E-state index is 0.495. The fraction of sp³-hybridized carbons (Fsp3) is 0.929. The van der Waals surface area contributed by atoms with Crippen LogP contribution in [0.15, 0.2) is 4.99 Å². The molecule has 1 saturated carbocycles. The fourth-order valence-electron chi connectivity index (χ4n) is 3.31. The first-order valence-corrected chi connectivity index (χ1v) is 7.18. The van der Waals surface area contributed by atoms with E-state index < -0.39 is 0 Å². The van der Waals surface area contributed by atoms with Gasteiger partial charge < -0.3 is 10.6 Å². The molecular weight excluding hydrogens is 210 g/mol. The molecule has 3 heteroatoms. The number of nitrogens with zero attached hydrogens (tertiary/aromatic N) is 2. The molecule has 0 aromatic rings. The maximum Gasteiger partial charge on any atom is 0.191 e. The van der Waals surface area contributed by atoms with Crippen LogP contribution in [-0.4, -0.2) is 29.5 Å². The molecule has 3 unspecified atom stereocenters. The lowest BCUT2D eigenvalue weighted by Crippen LogP contribution is -2.52. The summed E-state index contributed by atoms with van der Waals surface area (Å²) in [6.07, 6.45) is 6.42. The summed E-state index contributed by atoms with van der Waals surface area (Å²) in [4.78, 5) is 7.07. The number of aliphatic imine (C=N–C) groups is 1. The summed E-state index contributed by atoms with van der Waals surface area (Å²) in [5.74, 6) is 2.25. The Morgan fingerprint density at radius 2 is 1.82 bits per heavy atom. The summed E-state index contributed by atoms with van der Waals surface area (Å²) in [6.45, 7) is 8.01. The van der Waals surface area contributed by atoms with Crippen LogP contribution >= 0.6 is 0 Å². The molecule has 0 radical (unpaired) electrons. The quantitative estimate of drug-likeness (QED) is 0.562. The first-order valence-electron chi connectivity index (χ1n) is 7.18. The maximum absolute atomic E-state index is 6.22. The van der Waals surface area contributed by atoms with Gasteiger partial charge in [0.05, 0.1) is 6.04 Å². The number of hydrogen-bond acceptors (Lipinski definition) is 1. The second-order valence-corrected chi connectivity index (χ2v) is 6.14. The number of nitrogens with two attached hydrogens (primary N) is 1. The normalized spacial score (nSPS) is 36.5. The van der Waals surface area contributed by atoms with E-state index in [2.05, 4.69) is 25.7 Å². The molecule has 3 nitrogen and oxygen atoms in total. The topological polar surface area (TPSA) is 41.6 Å². The van der Waals surface area contributed by atoms with E-state index in [1.807, 2.05) is 0 Å². The van der Waals surface area contributed by atoms with Crippen molar-refractivity contribution >= 4 is 5.96 Å². The number of hydrogen-bond donors (Lipinski definition) is 1. The van der Waals surface area contributed by atoms with Gasteiger partial charge in [-0.15, -0.1) is 0 Å². The summed E-state index contributed by atoms with van der Waals surface area (Å²) in [5.41, 5.74) is 6.22. The molecule has 17 heavy (non-hydrogen) atoms.